The molecule has 0 fully saturated rings. The van der Waals surface area contributed by atoms with Gasteiger partial charge in [-0.15, -0.1) is 0 Å². The average molecular weight is 364 g/mol. The van der Waals surface area contributed by atoms with Gasteiger partial charge in [0, 0.05) is 32.1 Å². The molecule has 2 aromatic carbocycles. The van der Waals surface area contributed by atoms with E-state index in [4.69, 9.17) is 5.26 Å². The van der Waals surface area contributed by atoms with Crippen molar-refractivity contribution in [2.24, 2.45) is 0 Å². The lowest BCUT2D eigenvalue weighted by molar-refractivity contribution is -0.384. The van der Waals surface area contributed by atoms with E-state index < -0.39 is 4.92 Å². The van der Waals surface area contributed by atoms with E-state index in [2.05, 4.69) is 17.4 Å². The van der Waals surface area contributed by atoms with Crippen LogP contribution in [0.2, 0.25) is 0 Å². The van der Waals surface area contributed by atoms with Gasteiger partial charge in [0.15, 0.2) is 0 Å². The summed E-state index contributed by atoms with van der Waals surface area (Å²) in [7, 11) is 0. The number of nitro groups is 1. The molecule has 1 aliphatic rings. The summed E-state index contributed by atoms with van der Waals surface area (Å²) in [6.07, 6.45) is 1.84. The van der Waals surface area contributed by atoms with E-state index in [1.54, 1.807) is 0 Å². The van der Waals surface area contributed by atoms with Crippen molar-refractivity contribution in [3.8, 4) is 6.07 Å². The van der Waals surface area contributed by atoms with E-state index in [0.717, 1.165) is 13.0 Å². The third kappa shape index (κ3) is 4.42. The van der Waals surface area contributed by atoms with Crippen LogP contribution in [-0.4, -0.2) is 28.8 Å². The van der Waals surface area contributed by atoms with Gasteiger partial charge < -0.3 is 10.2 Å². The SMILES string of the molecule is N#Cc1ccc(NCCCC(=O)N2CCc3ccccc3C2)c([N+](=O)[O-])c1. The Hall–Kier alpha value is -3.40. The first-order chi connectivity index (χ1) is 13.1. The minimum absolute atomic E-state index is 0.0978. The molecular weight excluding hydrogens is 344 g/mol. The first-order valence-corrected chi connectivity index (χ1v) is 8.85. The topological polar surface area (TPSA) is 99.3 Å². The van der Waals surface area contributed by atoms with Crippen molar-refractivity contribution in [2.45, 2.75) is 25.8 Å². The van der Waals surface area contributed by atoms with Crippen molar-refractivity contribution in [3.05, 3.63) is 69.3 Å². The summed E-state index contributed by atoms with van der Waals surface area (Å²) in [6, 6.07) is 14.4. The number of hydrogen-bond donors (Lipinski definition) is 1. The molecule has 3 rings (SSSR count). The van der Waals surface area contributed by atoms with Crippen molar-refractivity contribution in [3.63, 3.8) is 0 Å². The molecule has 0 radical (unpaired) electrons. The molecule has 1 aliphatic heterocycles. The van der Waals surface area contributed by atoms with E-state index in [1.807, 2.05) is 23.1 Å². The number of amides is 1. The highest BCUT2D eigenvalue weighted by Gasteiger charge is 2.20. The fourth-order valence-electron chi connectivity index (χ4n) is 3.23. The second kappa shape index (κ2) is 8.32. The molecule has 1 amide bonds. The Kier molecular flexibility index (Phi) is 5.67. The van der Waals surface area contributed by atoms with Gasteiger partial charge in [-0.1, -0.05) is 24.3 Å². The smallest absolute Gasteiger partial charge is 0.293 e. The summed E-state index contributed by atoms with van der Waals surface area (Å²) >= 11 is 0. The highest BCUT2D eigenvalue weighted by Crippen LogP contribution is 2.25. The van der Waals surface area contributed by atoms with Crippen molar-refractivity contribution in [1.29, 1.82) is 5.26 Å². The number of fused-ring (bicyclic) bond motifs is 1. The minimum Gasteiger partial charge on any atom is -0.379 e. The number of nitrogens with zero attached hydrogens (tertiary/aromatic N) is 3. The Morgan fingerprint density at radius 3 is 2.78 bits per heavy atom. The molecule has 7 nitrogen and oxygen atoms in total. The lowest BCUT2D eigenvalue weighted by Gasteiger charge is -2.29. The molecule has 1 heterocycles. The fraction of sp³-hybridized carbons (Fsp3) is 0.300. The number of nitro benzene ring substituents is 1. The number of rotatable bonds is 6. The molecule has 27 heavy (non-hydrogen) atoms. The van der Waals surface area contributed by atoms with Gasteiger partial charge in [-0.3, -0.25) is 14.9 Å². The van der Waals surface area contributed by atoms with Gasteiger partial charge in [0.05, 0.1) is 16.6 Å². The summed E-state index contributed by atoms with van der Waals surface area (Å²) in [5, 5.41) is 23.0. The molecule has 0 unspecified atom stereocenters. The summed E-state index contributed by atoms with van der Waals surface area (Å²) in [4.78, 5) is 24.9. The van der Waals surface area contributed by atoms with E-state index in [-0.39, 0.29) is 17.2 Å². The molecule has 0 saturated heterocycles. The fourth-order valence-corrected chi connectivity index (χ4v) is 3.23. The Bertz CT molecular complexity index is 904. The van der Waals surface area contributed by atoms with Crippen LogP contribution in [0.25, 0.3) is 0 Å². The predicted octanol–water partition coefficient (Wildman–Crippen LogP) is 3.24. The monoisotopic (exact) mass is 364 g/mol. The predicted molar refractivity (Wildman–Crippen MR) is 101 cm³/mol. The molecule has 0 atom stereocenters. The third-order valence-electron chi connectivity index (χ3n) is 4.69. The van der Waals surface area contributed by atoms with Gasteiger partial charge in [0.25, 0.3) is 5.69 Å². The van der Waals surface area contributed by atoms with Crippen molar-refractivity contribution in [2.75, 3.05) is 18.4 Å². The third-order valence-corrected chi connectivity index (χ3v) is 4.69. The summed E-state index contributed by atoms with van der Waals surface area (Å²) in [5.41, 5.74) is 2.97. The van der Waals surface area contributed by atoms with Gasteiger partial charge in [-0.2, -0.15) is 5.26 Å². The van der Waals surface area contributed by atoms with Crippen LogP contribution in [0.3, 0.4) is 0 Å². The number of anilines is 1. The Morgan fingerprint density at radius 1 is 1.26 bits per heavy atom. The first kappa shape index (κ1) is 18.4. The normalized spacial score (nSPS) is 12.8. The highest BCUT2D eigenvalue weighted by molar-refractivity contribution is 5.76. The standard InChI is InChI=1S/C20H20N4O3/c21-13-15-7-8-18(19(12-15)24(26)27)22-10-3-6-20(25)23-11-9-16-4-1-2-5-17(16)14-23/h1-2,4-5,7-8,12,22H,3,6,9-11,14H2. The Labute approximate surface area is 157 Å². The van der Waals surface area contributed by atoms with Crippen LogP contribution >= 0.6 is 0 Å². The molecule has 7 heteroatoms. The van der Waals surface area contributed by atoms with Crippen LogP contribution < -0.4 is 5.32 Å². The van der Waals surface area contributed by atoms with Crippen molar-refractivity contribution in [1.82, 2.24) is 4.90 Å². The van der Waals surface area contributed by atoms with Crippen LogP contribution in [0.4, 0.5) is 11.4 Å². The quantitative estimate of drug-likeness (QED) is 0.482. The molecule has 1 N–H and O–H groups in total. The van der Waals surface area contributed by atoms with Crippen LogP contribution in [-0.2, 0) is 17.8 Å². The largest absolute Gasteiger partial charge is 0.379 e. The van der Waals surface area contributed by atoms with Crippen LogP contribution in [0, 0.1) is 21.4 Å². The summed E-state index contributed by atoms with van der Waals surface area (Å²) < 4.78 is 0. The van der Waals surface area contributed by atoms with Crippen molar-refractivity contribution < 1.29 is 9.72 Å². The lowest BCUT2D eigenvalue weighted by atomic mass is 9.99. The van der Waals surface area contributed by atoms with E-state index in [9.17, 15) is 14.9 Å². The van der Waals surface area contributed by atoms with Gasteiger partial charge >= 0.3 is 0 Å². The molecular formula is C20H20N4O3. The van der Waals surface area contributed by atoms with Crippen LogP contribution in [0.5, 0.6) is 0 Å². The minimum atomic E-state index is -0.514. The lowest BCUT2D eigenvalue weighted by Crippen LogP contribution is -2.35. The highest BCUT2D eigenvalue weighted by atomic mass is 16.6. The zero-order chi connectivity index (χ0) is 19.2. The van der Waals surface area contributed by atoms with Crippen LogP contribution in [0.1, 0.15) is 29.5 Å². The first-order valence-electron chi connectivity index (χ1n) is 8.85. The molecule has 2 aromatic rings. The number of hydrogen-bond acceptors (Lipinski definition) is 5. The second-order valence-electron chi connectivity index (χ2n) is 6.47. The number of nitrogens with one attached hydrogen (secondary N) is 1. The average Bonchev–Trinajstić information content (AvgIpc) is 2.70. The van der Waals surface area contributed by atoms with Gasteiger partial charge in [-0.25, -0.2) is 0 Å². The summed E-state index contributed by atoms with van der Waals surface area (Å²) in [5.74, 6) is 0.0978. The zero-order valence-electron chi connectivity index (χ0n) is 14.9. The maximum absolute atomic E-state index is 12.4. The molecule has 0 aromatic heterocycles. The molecule has 138 valence electrons. The number of carbonyl (C=O) groups is 1. The number of nitriles is 1. The molecule has 0 aliphatic carbocycles. The van der Waals surface area contributed by atoms with E-state index >= 15 is 0 Å². The zero-order valence-corrected chi connectivity index (χ0v) is 14.9. The van der Waals surface area contributed by atoms with Gasteiger partial charge in [-0.05, 0) is 36.1 Å². The molecule has 0 bridgehead atoms. The van der Waals surface area contributed by atoms with Crippen LogP contribution in [0.15, 0.2) is 42.5 Å². The summed E-state index contributed by atoms with van der Waals surface area (Å²) in [6.45, 7) is 1.82. The van der Waals surface area contributed by atoms with E-state index in [1.165, 1.54) is 29.3 Å². The Balaban J connectivity index is 1.50. The number of carbonyl (C=O) groups excluding carboxylic acids is 1. The van der Waals surface area contributed by atoms with Gasteiger partial charge in [0.1, 0.15) is 5.69 Å². The van der Waals surface area contributed by atoms with Gasteiger partial charge in [0.2, 0.25) is 5.91 Å². The second-order valence-corrected chi connectivity index (χ2v) is 6.47. The molecule has 0 saturated carbocycles. The maximum atomic E-state index is 12.4. The Morgan fingerprint density at radius 2 is 2.04 bits per heavy atom. The number of benzene rings is 2. The van der Waals surface area contributed by atoms with Crippen molar-refractivity contribution >= 4 is 17.3 Å². The van der Waals surface area contributed by atoms with E-state index in [0.29, 0.717) is 31.6 Å². The molecule has 0 spiro atoms. The maximum Gasteiger partial charge on any atom is 0.293 e.